The van der Waals surface area contributed by atoms with Crippen LogP contribution in [0.3, 0.4) is 0 Å². The van der Waals surface area contributed by atoms with Crippen LogP contribution in [0.5, 0.6) is 0 Å². The lowest BCUT2D eigenvalue weighted by atomic mass is 10.1. The lowest BCUT2D eigenvalue weighted by Crippen LogP contribution is -2.32. The molecule has 1 aliphatic heterocycles. The number of nitrogens with one attached hydrogen (secondary N) is 2. The second kappa shape index (κ2) is 11.8. The third kappa shape index (κ3) is 6.38. The fourth-order valence-electron chi connectivity index (χ4n) is 3.16. The first kappa shape index (κ1) is 23.2. The number of piperidine rings is 1. The zero-order chi connectivity index (χ0) is 17.5. The summed E-state index contributed by atoms with van der Waals surface area (Å²) in [5.41, 5.74) is 2.61. The van der Waals surface area contributed by atoms with E-state index in [0.717, 1.165) is 56.1 Å². The number of pyridine rings is 1. The number of carbonyl (C=O) groups is 1. The van der Waals surface area contributed by atoms with Crippen LogP contribution in [0.4, 0.5) is 11.5 Å². The summed E-state index contributed by atoms with van der Waals surface area (Å²) in [6, 6.07) is 11.6. The maximum absolute atomic E-state index is 12.8. The number of anilines is 2. The Balaban J connectivity index is 0.00000182. The van der Waals surface area contributed by atoms with Gasteiger partial charge in [0.05, 0.1) is 5.56 Å². The summed E-state index contributed by atoms with van der Waals surface area (Å²) in [7, 11) is 0. The normalized spacial score (nSPS) is 13.3. The van der Waals surface area contributed by atoms with Gasteiger partial charge in [0.2, 0.25) is 0 Å². The first-order valence-electron chi connectivity index (χ1n) is 9.09. The Morgan fingerprint density at radius 2 is 1.89 bits per heavy atom. The third-order valence-electron chi connectivity index (χ3n) is 4.45. The van der Waals surface area contributed by atoms with Gasteiger partial charge < -0.3 is 15.5 Å². The molecule has 1 aromatic heterocycles. The molecule has 7 heteroatoms. The number of nitrogens with zero attached hydrogens (tertiary/aromatic N) is 2. The van der Waals surface area contributed by atoms with E-state index in [-0.39, 0.29) is 30.7 Å². The van der Waals surface area contributed by atoms with Crippen molar-refractivity contribution in [1.82, 2.24) is 10.3 Å². The SMILES string of the molecule is CCNCc1cccc(NC(=O)c2cccnc2N2CCCCC2)c1.Cl.Cl. The van der Waals surface area contributed by atoms with Crippen LogP contribution in [0, 0.1) is 0 Å². The molecule has 1 amide bonds. The van der Waals surface area contributed by atoms with Crippen molar-refractivity contribution in [3.63, 3.8) is 0 Å². The van der Waals surface area contributed by atoms with Gasteiger partial charge in [-0.2, -0.15) is 0 Å². The molecule has 0 radical (unpaired) electrons. The van der Waals surface area contributed by atoms with Crippen LogP contribution in [0.2, 0.25) is 0 Å². The van der Waals surface area contributed by atoms with E-state index < -0.39 is 0 Å². The molecule has 0 spiro atoms. The summed E-state index contributed by atoms with van der Waals surface area (Å²) in [4.78, 5) is 19.5. The molecule has 0 bridgehead atoms. The van der Waals surface area contributed by atoms with Gasteiger partial charge in [-0.05, 0) is 55.6 Å². The predicted molar refractivity (Wildman–Crippen MR) is 117 cm³/mol. The molecule has 1 aliphatic rings. The van der Waals surface area contributed by atoms with Crippen molar-refractivity contribution < 1.29 is 4.79 Å². The quantitative estimate of drug-likeness (QED) is 0.745. The van der Waals surface area contributed by atoms with Gasteiger partial charge in [-0.1, -0.05) is 19.1 Å². The van der Waals surface area contributed by atoms with Crippen LogP contribution in [0.1, 0.15) is 42.1 Å². The van der Waals surface area contributed by atoms with E-state index >= 15 is 0 Å². The van der Waals surface area contributed by atoms with Gasteiger partial charge >= 0.3 is 0 Å². The molecule has 3 rings (SSSR count). The highest BCUT2D eigenvalue weighted by Crippen LogP contribution is 2.23. The summed E-state index contributed by atoms with van der Waals surface area (Å²) in [6.07, 6.45) is 5.33. The van der Waals surface area contributed by atoms with Gasteiger partial charge in [0.25, 0.3) is 5.91 Å². The zero-order valence-corrected chi connectivity index (χ0v) is 17.2. The number of amides is 1. The maximum Gasteiger partial charge on any atom is 0.259 e. The Kier molecular flexibility index (Phi) is 10.1. The highest BCUT2D eigenvalue weighted by atomic mass is 35.5. The molecular formula is C20H28Cl2N4O. The molecule has 2 heterocycles. The fraction of sp³-hybridized carbons (Fsp3) is 0.400. The molecule has 1 saturated heterocycles. The number of halogens is 2. The van der Waals surface area contributed by atoms with Gasteiger partial charge in [-0.25, -0.2) is 4.98 Å². The van der Waals surface area contributed by atoms with E-state index in [1.54, 1.807) is 6.20 Å². The standard InChI is InChI=1S/C20H26N4O.2ClH/c1-2-21-15-16-8-6-9-17(14-16)23-20(25)18-10-7-11-22-19(18)24-12-4-3-5-13-24;;/h6-11,14,21H,2-5,12-13,15H2,1H3,(H,23,25);2*1H. The maximum atomic E-state index is 12.8. The second-order valence-electron chi connectivity index (χ2n) is 6.36. The summed E-state index contributed by atoms with van der Waals surface area (Å²) < 4.78 is 0. The van der Waals surface area contributed by atoms with E-state index in [4.69, 9.17) is 0 Å². The Morgan fingerprint density at radius 1 is 1.11 bits per heavy atom. The summed E-state index contributed by atoms with van der Waals surface area (Å²) in [5.74, 6) is 0.692. The molecule has 148 valence electrons. The Hall–Kier alpha value is -1.82. The number of benzene rings is 1. The van der Waals surface area contributed by atoms with E-state index in [0.29, 0.717) is 5.56 Å². The van der Waals surface area contributed by atoms with Crippen molar-refractivity contribution in [2.75, 3.05) is 29.9 Å². The molecule has 2 aromatic rings. The number of rotatable bonds is 6. The molecule has 2 N–H and O–H groups in total. The first-order valence-corrected chi connectivity index (χ1v) is 9.09. The molecule has 1 fully saturated rings. The number of hydrogen-bond acceptors (Lipinski definition) is 4. The Labute approximate surface area is 173 Å². The molecule has 0 aliphatic carbocycles. The summed E-state index contributed by atoms with van der Waals surface area (Å²) >= 11 is 0. The molecule has 0 saturated carbocycles. The minimum absolute atomic E-state index is 0. The van der Waals surface area contributed by atoms with Gasteiger partial charge in [0.15, 0.2) is 0 Å². The molecule has 27 heavy (non-hydrogen) atoms. The van der Waals surface area contributed by atoms with Crippen molar-refractivity contribution in [3.05, 3.63) is 53.7 Å². The number of hydrogen-bond donors (Lipinski definition) is 2. The van der Waals surface area contributed by atoms with Crippen molar-refractivity contribution in [2.24, 2.45) is 0 Å². The summed E-state index contributed by atoms with van der Waals surface area (Å²) in [6.45, 7) is 5.73. The average molecular weight is 411 g/mol. The van der Waals surface area contributed by atoms with E-state index in [1.807, 2.05) is 30.3 Å². The second-order valence-corrected chi connectivity index (χ2v) is 6.36. The molecular weight excluding hydrogens is 383 g/mol. The minimum Gasteiger partial charge on any atom is -0.356 e. The topological polar surface area (TPSA) is 57.3 Å². The summed E-state index contributed by atoms with van der Waals surface area (Å²) in [5, 5.41) is 6.32. The van der Waals surface area contributed by atoms with Crippen LogP contribution in [-0.4, -0.2) is 30.5 Å². The van der Waals surface area contributed by atoms with Crippen LogP contribution < -0.4 is 15.5 Å². The minimum atomic E-state index is -0.103. The van der Waals surface area contributed by atoms with Gasteiger partial charge in [0, 0.05) is 31.5 Å². The smallest absolute Gasteiger partial charge is 0.259 e. The largest absolute Gasteiger partial charge is 0.356 e. The van der Waals surface area contributed by atoms with Crippen LogP contribution in [0.15, 0.2) is 42.6 Å². The van der Waals surface area contributed by atoms with Crippen molar-refractivity contribution in [2.45, 2.75) is 32.7 Å². The van der Waals surface area contributed by atoms with Crippen LogP contribution >= 0.6 is 24.8 Å². The molecule has 0 atom stereocenters. The van der Waals surface area contributed by atoms with Gasteiger partial charge in [0.1, 0.15) is 5.82 Å². The van der Waals surface area contributed by atoms with Crippen molar-refractivity contribution in [1.29, 1.82) is 0 Å². The Morgan fingerprint density at radius 3 is 2.63 bits per heavy atom. The van der Waals surface area contributed by atoms with Gasteiger partial charge in [-0.3, -0.25) is 4.79 Å². The average Bonchev–Trinajstić information content (AvgIpc) is 2.67. The van der Waals surface area contributed by atoms with E-state index in [2.05, 4.69) is 33.5 Å². The lowest BCUT2D eigenvalue weighted by molar-refractivity contribution is 0.102. The zero-order valence-electron chi connectivity index (χ0n) is 15.6. The van der Waals surface area contributed by atoms with Crippen molar-refractivity contribution in [3.8, 4) is 0 Å². The lowest BCUT2D eigenvalue weighted by Gasteiger charge is -2.29. The van der Waals surface area contributed by atoms with Crippen molar-refractivity contribution >= 4 is 42.2 Å². The van der Waals surface area contributed by atoms with Gasteiger partial charge in [-0.15, -0.1) is 24.8 Å². The number of carbonyl (C=O) groups excluding carboxylic acids is 1. The fourth-order valence-corrected chi connectivity index (χ4v) is 3.16. The molecule has 0 unspecified atom stereocenters. The van der Waals surface area contributed by atoms with E-state index in [9.17, 15) is 4.79 Å². The highest BCUT2D eigenvalue weighted by molar-refractivity contribution is 6.07. The first-order chi connectivity index (χ1) is 12.3. The highest BCUT2D eigenvalue weighted by Gasteiger charge is 2.19. The van der Waals surface area contributed by atoms with E-state index in [1.165, 1.54) is 6.42 Å². The van der Waals surface area contributed by atoms with Crippen LogP contribution in [0.25, 0.3) is 0 Å². The Bertz CT molecular complexity index is 721. The number of aromatic nitrogens is 1. The predicted octanol–water partition coefficient (Wildman–Crippen LogP) is 4.28. The molecule has 1 aromatic carbocycles. The molecule has 5 nitrogen and oxygen atoms in total. The third-order valence-corrected chi connectivity index (χ3v) is 4.45. The van der Waals surface area contributed by atoms with Crippen LogP contribution in [-0.2, 0) is 6.54 Å². The monoisotopic (exact) mass is 410 g/mol.